The summed E-state index contributed by atoms with van der Waals surface area (Å²) in [6.45, 7) is 0.733. The summed E-state index contributed by atoms with van der Waals surface area (Å²) in [5.41, 5.74) is 1.75. The van der Waals surface area contributed by atoms with Crippen LogP contribution in [0.3, 0.4) is 0 Å². The molecule has 0 bridgehead atoms. The van der Waals surface area contributed by atoms with E-state index in [-0.39, 0.29) is 11.7 Å². The lowest BCUT2D eigenvalue weighted by atomic mass is 10.0. The van der Waals surface area contributed by atoms with E-state index in [2.05, 4.69) is 10.1 Å². The fraction of sp³-hybridized carbons (Fsp3) is 0.300. The van der Waals surface area contributed by atoms with E-state index in [4.69, 9.17) is 9.26 Å². The minimum absolute atomic E-state index is 0.00342. The third kappa shape index (κ3) is 3.93. The van der Waals surface area contributed by atoms with Crippen molar-refractivity contribution in [2.45, 2.75) is 18.1 Å². The minimum atomic E-state index is -3.34. The Morgan fingerprint density at radius 2 is 1.82 bits per heavy atom. The Morgan fingerprint density at radius 1 is 1.11 bits per heavy atom. The second-order valence-electron chi connectivity index (χ2n) is 6.79. The fourth-order valence-corrected chi connectivity index (χ4v) is 4.83. The molecule has 2 heterocycles. The SMILES string of the molecule is COc1ccccc1Cc1noc(C2CN(S(=O)(=O)Cc3ccccc3)C2)n1. The van der Waals surface area contributed by atoms with E-state index in [1.807, 2.05) is 54.6 Å². The van der Waals surface area contributed by atoms with E-state index in [1.54, 1.807) is 7.11 Å². The molecule has 0 saturated carbocycles. The fourth-order valence-electron chi connectivity index (χ4n) is 3.22. The van der Waals surface area contributed by atoms with Crippen molar-refractivity contribution in [1.29, 1.82) is 0 Å². The zero-order chi connectivity index (χ0) is 19.6. The maximum atomic E-state index is 12.5. The first-order chi connectivity index (χ1) is 13.5. The van der Waals surface area contributed by atoms with E-state index in [9.17, 15) is 8.42 Å². The number of benzene rings is 2. The Kier molecular flexibility index (Phi) is 5.15. The maximum Gasteiger partial charge on any atom is 0.232 e. The molecule has 1 aliphatic heterocycles. The summed E-state index contributed by atoms with van der Waals surface area (Å²) in [5.74, 6) is 1.75. The van der Waals surface area contributed by atoms with Crippen LogP contribution in [0.1, 0.15) is 28.8 Å². The molecule has 3 aromatic rings. The summed E-state index contributed by atoms with van der Waals surface area (Å²) >= 11 is 0. The van der Waals surface area contributed by atoms with Crippen LogP contribution in [0.25, 0.3) is 0 Å². The number of hydrogen-bond donors (Lipinski definition) is 0. The molecule has 1 fully saturated rings. The molecule has 2 aromatic carbocycles. The third-order valence-corrected chi connectivity index (χ3v) is 6.59. The zero-order valence-electron chi connectivity index (χ0n) is 15.5. The number of hydrogen-bond acceptors (Lipinski definition) is 6. The van der Waals surface area contributed by atoms with Gasteiger partial charge in [0.15, 0.2) is 5.82 Å². The van der Waals surface area contributed by atoms with Gasteiger partial charge in [-0.25, -0.2) is 8.42 Å². The number of methoxy groups -OCH3 is 1. The van der Waals surface area contributed by atoms with E-state index in [1.165, 1.54) is 4.31 Å². The predicted octanol–water partition coefficient (Wildman–Crippen LogP) is 2.60. The molecule has 1 aliphatic rings. The van der Waals surface area contributed by atoms with Gasteiger partial charge in [-0.15, -0.1) is 0 Å². The van der Waals surface area contributed by atoms with Crippen molar-refractivity contribution < 1.29 is 17.7 Å². The van der Waals surface area contributed by atoms with Crippen molar-refractivity contribution in [2.24, 2.45) is 0 Å². The molecule has 7 nitrogen and oxygen atoms in total. The molecule has 0 aliphatic carbocycles. The quantitative estimate of drug-likeness (QED) is 0.607. The summed E-state index contributed by atoms with van der Waals surface area (Å²) in [6, 6.07) is 16.9. The summed E-state index contributed by atoms with van der Waals surface area (Å²) in [7, 11) is -1.72. The van der Waals surface area contributed by atoms with Gasteiger partial charge >= 0.3 is 0 Å². The average molecular weight is 399 g/mol. The minimum Gasteiger partial charge on any atom is -0.496 e. The molecule has 4 rings (SSSR count). The van der Waals surface area contributed by atoms with Crippen molar-refractivity contribution in [3.8, 4) is 5.75 Å². The van der Waals surface area contributed by atoms with Gasteiger partial charge in [-0.05, 0) is 11.6 Å². The Morgan fingerprint density at radius 3 is 2.57 bits per heavy atom. The molecule has 0 N–H and O–H groups in total. The normalized spacial score (nSPS) is 15.3. The van der Waals surface area contributed by atoms with Crippen molar-refractivity contribution in [2.75, 3.05) is 20.2 Å². The molecule has 0 amide bonds. The number of rotatable bonds is 7. The lowest BCUT2D eigenvalue weighted by molar-refractivity contribution is 0.216. The van der Waals surface area contributed by atoms with Crippen LogP contribution in [0.2, 0.25) is 0 Å². The summed E-state index contributed by atoms with van der Waals surface area (Å²) in [5, 5.41) is 4.04. The molecule has 8 heteroatoms. The van der Waals surface area contributed by atoms with E-state index in [0.717, 1.165) is 16.9 Å². The standard InChI is InChI=1S/C20H21N3O4S/c1-26-18-10-6-5-9-16(18)11-19-21-20(27-22-19)17-12-23(13-17)28(24,25)14-15-7-3-2-4-8-15/h2-10,17H,11-14H2,1H3. The van der Waals surface area contributed by atoms with Gasteiger partial charge in [-0.1, -0.05) is 53.7 Å². The van der Waals surface area contributed by atoms with Crippen LogP contribution in [0.4, 0.5) is 0 Å². The van der Waals surface area contributed by atoms with Crippen molar-refractivity contribution in [1.82, 2.24) is 14.4 Å². The van der Waals surface area contributed by atoms with Crippen LogP contribution in [0, 0.1) is 0 Å². The topological polar surface area (TPSA) is 85.5 Å². The number of para-hydroxylation sites is 1. The largest absolute Gasteiger partial charge is 0.496 e. The Hall–Kier alpha value is -2.71. The number of aromatic nitrogens is 2. The number of sulfonamides is 1. The molecular weight excluding hydrogens is 378 g/mol. The Bertz CT molecular complexity index is 1040. The highest BCUT2D eigenvalue weighted by Gasteiger charge is 2.39. The highest BCUT2D eigenvalue weighted by molar-refractivity contribution is 7.88. The Balaban J connectivity index is 1.37. The van der Waals surface area contributed by atoms with Crippen LogP contribution in [0.15, 0.2) is 59.1 Å². The molecule has 1 saturated heterocycles. The van der Waals surface area contributed by atoms with Crippen LogP contribution >= 0.6 is 0 Å². The van der Waals surface area contributed by atoms with Crippen molar-refractivity contribution in [3.05, 3.63) is 77.4 Å². The maximum absolute atomic E-state index is 12.5. The smallest absolute Gasteiger partial charge is 0.232 e. The predicted molar refractivity (Wildman–Crippen MR) is 103 cm³/mol. The molecule has 0 radical (unpaired) electrons. The highest BCUT2D eigenvalue weighted by atomic mass is 32.2. The van der Waals surface area contributed by atoms with Crippen molar-refractivity contribution in [3.63, 3.8) is 0 Å². The summed E-state index contributed by atoms with van der Waals surface area (Å²) < 4.78 is 37.2. The second-order valence-corrected chi connectivity index (χ2v) is 8.76. The monoisotopic (exact) mass is 399 g/mol. The average Bonchev–Trinajstić information content (AvgIpc) is 3.09. The van der Waals surface area contributed by atoms with Gasteiger partial charge in [0, 0.05) is 25.1 Å². The van der Waals surface area contributed by atoms with Gasteiger partial charge in [0.25, 0.3) is 0 Å². The van der Waals surface area contributed by atoms with Crippen LogP contribution in [0.5, 0.6) is 5.75 Å². The lowest BCUT2D eigenvalue weighted by Crippen LogP contribution is -2.48. The molecule has 146 valence electrons. The van der Waals surface area contributed by atoms with Gasteiger partial charge in [-0.3, -0.25) is 0 Å². The van der Waals surface area contributed by atoms with E-state index in [0.29, 0.717) is 31.2 Å². The van der Waals surface area contributed by atoms with Gasteiger partial charge in [0.2, 0.25) is 15.9 Å². The first-order valence-corrected chi connectivity index (χ1v) is 10.6. The van der Waals surface area contributed by atoms with Gasteiger partial charge in [0.05, 0.1) is 18.8 Å². The first-order valence-electron chi connectivity index (χ1n) is 9.01. The second kappa shape index (κ2) is 7.73. The lowest BCUT2D eigenvalue weighted by Gasteiger charge is -2.35. The van der Waals surface area contributed by atoms with Gasteiger partial charge in [0.1, 0.15) is 5.75 Å². The highest BCUT2D eigenvalue weighted by Crippen LogP contribution is 2.30. The van der Waals surface area contributed by atoms with E-state index < -0.39 is 10.0 Å². The van der Waals surface area contributed by atoms with Crippen molar-refractivity contribution >= 4 is 10.0 Å². The Labute approximate surface area is 164 Å². The van der Waals surface area contributed by atoms with Crippen LogP contribution < -0.4 is 4.74 Å². The van der Waals surface area contributed by atoms with Gasteiger partial charge < -0.3 is 9.26 Å². The zero-order valence-corrected chi connectivity index (χ0v) is 16.3. The third-order valence-electron chi connectivity index (χ3n) is 4.81. The van der Waals surface area contributed by atoms with E-state index >= 15 is 0 Å². The molecular formula is C20H21N3O4S. The number of ether oxygens (including phenoxy) is 1. The van der Waals surface area contributed by atoms with Crippen LogP contribution in [-0.2, 0) is 22.2 Å². The molecule has 0 unspecified atom stereocenters. The number of nitrogens with zero attached hydrogens (tertiary/aromatic N) is 3. The van der Waals surface area contributed by atoms with Crippen LogP contribution in [-0.4, -0.2) is 43.1 Å². The molecule has 1 aromatic heterocycles. The molecule has 0 atom stereocenters. The molecule has 28 heavy (non-hydrogen) atoms. The first kappa shape index (κ1) is 18.6. The summed E-state index contributed by atoms with van der Waals surface area (Å²) in [6.07, 6.45) is 0.496. The van der Waals surface area contributed by atoms with Gasteiger partial charge in [-0.2, -0.15) is 9.29 Å². The molecule has 0 spiro atoms. The summed E-state index contributed by atoms with van der Waals surface area (Å²) in [4.78, 5) is 4.45.